The van der Waals surface area contributed by atoms with Crippen LogP contribution in [0.1, 0.15) is 23.8 Å². The standard InChI is InChI=1S/C24H26ClN5OS/c1-14-9-26-4-5-29(14)10-15-2-3-17(25)7-19(15)22-23-21(27-13-28-22)8-18(32-23)12-30-11-16-6-20(16)24(30)31/h2-3,7-8,13-14,16,20,26H,4-6,9-12H2,1H3/t14-,16?,20?/m0/s1. The Morgan fingerprint density at radius 3 is 2.97 bits per heavy atom. The Balaban J connectivity index is 1.34. The molecule has 0 bridgehead atoms. The number of hydrogen-bond acceptors (Lipinski definition) is 6. The van der Waals surface area contributed by atoms with Crippen molar-refractivity contribution < 1.29 is 4.79 Å². The van der Waals surface area contributed by atoms with E-state index in [1.54, 1.807) is 17.7 Å². The Kier molecular flexibility index (Phi) is 5.17. The summed E-state index contributed by atoms with van der Waals surface area (Å²) in [4.78, 5) is 27.3. The second-order valence-electron chi connectivity index (χ2n) is 9.30. The molecule has 3 atom stereocenters. The summed E-state index contributed by atoms with van der Waals surface area (Å²) in [5, 5.41) is 4.17. The summed E-state index contributed by atoms with van der Waals surface area (Å²) in [6.45, 7) is 7.74. The zero-order valence-corrected chi connectivity index (χ0v) is 19.6. The van der Waals surface area contributed by atoms with Crippen molar-refractivity contribution in [3.05, 3.63) is 46.1 Å². The lowest BCUT2D eigenvalue weighted by atomic mass is 10.0. The van der Waals surface area contributed by atoms with Crippen LogP contribution in [0.3, 0.4) is 0 Å². The van der Waals surface area contributed by atoms with Gasteiger partial charge in [-0.05, 0) is 43.0 Å². The van der Waals surface area contributed by atoms with Crippen molar-refractivity contribution >= 4 is 39.1 Å². The molecule has 3 fully saturated rings. The molecule has 166 valence electrons. The van der Waals surface area contributed by atoms with Crippen molar-refractivity contribution in [2.45, 2.75) is 32.5 Å². The van der Waals surface area contributed by atoms with E-state index in [1.165, 1.54) is 5.56 Å². The minimum absolute atomic E-state index is 0.293. The van der Waals surface area contributed by atoms with Gasteiger partial charge in [-0.25, -0.2) is 9.97 Å². The van der Waals surface area contributed by atoms with Gasteiger partial charge in [0.1, 0.15) is 6.33 Å². The second-order valence-corrected chi connectivity index (χ2v) is 10.9. The molecular formula is C24H26ClN5OS. The average Bonchev–Trinajstić information content (AvgIpc) is 3.32. The highest BCUT2D eigenvalue weighted by molar-refractivity contribution is 7.19. The molecule has 0 spiro atoms. The van der Waals surface area contributed by atoms with Crippen LogP contribution in [0.25, 0.3) is 21.5 Å². The summed E-state index contributed by atoms with van der Waals surface area (Å²) >= 11 is 8.13. The number of hydrogen-bond donors (Lipinski definition) is 1. The first-order chi connectivity index (χ1) is 15.6. The van der Waals surface area contributed by atoms with E-state index in [1.807, 2.05) is 17.0 Å². The van der Waals surface area contributed by atoms with Crippen molar-refractivity contribution in [1.82, 2.24) is 25.1 Å². The molecule has 32 heavy (non-hydrogen) atoms. The number of nitrogens with zero attached hydrogens (tertiary/aromatic N) is 4. The lowest BCUT2D eigenvalue weighted by molar-refractivity contribution is -0.130. The lowest BCUT2D eigenvalue weighted by Gasteiger charge is -2.34. The SMILES string of the molecule is C[C@H]1CNCCN1Cc1ccc(Cl)cc1-c1ncnc2cc(CN3CC4CC4C3=O)sc12. The molecule has 4 heterocycles. The van der Waals surface area contributed by atoms with Crippen LogP contribution in [0.4, 0.5) is 0 Å². The van der Waals surface area contributed by atoms with Gasteiger partial charge in [-0.1, -0.05) is 17.7 Å². The molecule has 3 aliphatic rings. The third-order valence-electron chi connectivity index (χ3n) is 7.05. The van der Waals surface area contributed by atoms with E-state index in [0.717, 1.165) is 65.5 Å². The third kappa shape index (κ3) is 3.71. The summed E-state index contributed by atoms with van der Waals surface area (Å²) in [6.07, 6.45) is 2.73. The molecule has 0 radical (unpaired) electrons. The zero-order valence-electron chi connectivity index (χ0n) is 18.1. The summed E-state index contributed by atoms with van der Waals surface area (Å²) in [5.74, 6) is 1.20. The van der Waals surface area contributed by atoms with E-state index in [2.05, 4.69) is 34.3 Å². The van der Waals surface area contributed by atoms with Crippen molar-refractivity contribution in [2.75, 3.05) is 26.2 Å². The Labute approximate surface area is 196 Å². The van der Waals surface area contributed by atoms with Crippen molar-refractivity contribution in [3.8, 4) is 11.3 Å². The number of piperazine rings is 1. The Bertz CT molecular complexity index is 1200. The molecule has 6 rings (SSSR count). The van der Waals surface area contributed by atoms with Gasteiger partial charge in [-0.15, -0.1) is 11.3 Å². The number of carbonyl (C=O) groups excluding carboxylic acids is 1. The number of halogens is 1. The van der Waals surface area contributed by atoms with E-state index >= 15 is 0 Å². The van der Waals surface area contributed by atoms with Crippen molar-refractivity contribution in [2.24, 2.45) is 11.8 Å². The minimum Gasteiger partial charge on any atom is -0.337 e. The van der Waals surface area contributed by atoms with Crippen LogP contribution in [0.2, 0.25) is 5.02 Å². The van der Waals surface area contributed by atoms with Crippen LogP contribution in [0.5, 0.6) is 0 Å². The van der Waals surface area contributed by atoms with Crippen LogP contribution >= 0.6 is 22.9 Å². The highest BCUT2D eigenvalue weighted by Crippen LogP contribution is 2.46. The highest BCUT2D eigenvalue weighted by Gasteiger charge is 2.51. The Hall–Kier alpha value is -2.06. The largest absolute Gasteiger partial charge is 0.337 e. The van der Waals surface area contributed by atoms with Crippen LogP contribution in [-0.4, -0.2) is 57.9 Å². The molecule has 8 heteroatoms. The van der Waals surface area contributed by atoms with Crippen molar-refractivity contribution in [3.63, 3.8) is 0 Å². The van der Waals surface area contributed by atoms with Crippen LogP contribution < -0.4 is 5.32 Å². The van der Waals surface area contributed by atoms with Gasteiger partial charge >= 0.3 is 0 Å². The van der Waals surface area contributed by atoms with Crippen LogP contribution in [-0.2, 0) is 17.9 Å². The maximum absolute atomic E-state index is 12.4. The van der Waals surface area contributed by atoms with Crippen molar-refractivity contribution in [1.29, 1.82) is 0 Å². The third-order valence-corrected chi connectivity index (χ3v) is 8.41. The monoisotopic (exact) mass is 467 g/mol. The Morgan fingerprint density at radius 2 is 2.16 bits per heavy atom. The number of fused-ring (bicyclic) bond motifs is 2. The zero-order chi connectivity index (χ0) is 21.8. The van der Waals surface area contributed by atoms with E-state index in [9.17, 15) is 4.79 Å². The average molecular weight is 468 g/mol. The molecule has 3 aromatic rings. The summed E-state index contributed by atoms with van der Waals surface area (Å²) < 4.78 is 1.07. The number of nitrogens with one attached hydrogen (secondary N) is 1. The topological polar surface area (TPSA) is 61.4 Å². The maximum atomic E-state index is 12.4. The summed E-state index contributed by atoms with van der Waals surface area (Å²) in [7, 11) is 0. The molecule has 2 saturated heterocycles. The molecule has 1 N–H and O–H groups in total. The lowest BCUT2D eigenvalue weighted by Crippen LogP contribution is -2.49. The number of aromatic nitrogens is 2. The van der Waals surface area contributed by atoms with Gasteiger partial charge in [0.05, 0.1) is 22.5 Å². The number of thiophene rings is 1. The number of piperidine rings is 1. The smallest absolute Gasteiger partial charge is 0.226 e. The van der Waals surface area contributed by atoms with Gasteiger partial charge in [0.2, 0.25) is 5.91 Å². The first-order valence-electron chi connectivity index (χ1n) is 11.3. The first kappa shape index (κ1) is 20.5. The van der Waals surface area contributed by atoms with E-state index in [4.69, 9.17) is 16.6 Å². The molecule has 2 aromatic heterocycles. The fourth-order valence-electron chi connectivity index (χ4n) is 5.11. The molecule has 2 unspecified atom stereocenters. The normalized spacial score (nSPS) is 25.5. The Morgan fingerprint density at radius 1 is 1.25 bits per heavy atom. The molecule has 1 saturated carbocycles. The quantitative estimate of drug-likeness (QED) is 0.618. The fraction of sp³-hybridized carbons (Fsp3) is 0.458. The molecular weight excluding hydrogens is 442 g/mol. The molecule has 6 nitrogen and oxygen atoms in total. The maximum Gasteiger partial charge on any atom is 0.226 e. The number of likely N-dealkylation sites (tertiary alicyclic amines) is 1. The number of benzene rings is 1. The van der Waals surface area contributed by atoms with Gasteiger partial charge in [0.25, 0.3) is 0 Å². The number of rotatable bonds is 5. The van der Waals surface area contributed by atoms with Gasteiger partial charge < -0.3 is 10.2 Å². The minimum atomic E-state index is 0.293. The molecule has 2 aliphatic heterocycles. The van der Waals surface area contributed by atoms with Gasteiger partial charge in [-0.3, -0.25) is 9.69 Å². The van der Waals surface area contributed by atoms with Gasteiger partial charge in [0, 0.05) is 60.1 Å². The van der Waals surface area contributed by atoms with E-state index < -0.39 is 0 Å². The fourth-order valence-corrected chi connectivity index (χ4v) is 6.41. The summed E-state index contributed by atoms with van der Waals surface area (Å²) in [6, 6.07) is 8.73. The van der Waals surface area contributed by atoms with Gasteiger partial charge in [0.15, 0.2) is 0 Å². The van der Waals surface area contributed by atoms with Gasteiger partial charge in [-0.2, -0.15) is 0 Å². The molecule has 1 amide bonds. The second kappa shape index (κ2) is 8.06. The van der Waals surface area contributed by atoms with Crippen LogP contribution in [0.15, 0.2) is 30.6 Å². The molecule has 1 aromatic carbocycles. The predicted octanol–water partition coefficient (Wildman–Crippen LogP) is 3.78. The molecule has 1 aliphatic carbocycles. The van der Waals surface area contributed by atoms with E-state index in [0.29, 0.717) is 35.4 Å². The highest BCUT2D eigenvalue weighted by atomic mass is 35.5. The number of amides is 1. The number of carbonyl (C=O) groups is 1. The predicted molar refractivity (Wildman–Crippen MR) is 128 cm³/mol. The first-order valence-corrected chi connectivity index (χ1v) is 12.5. The van der Waals surface area contributed by atoms with Crippen LogP contribution in [0, 0.1) is 11.8 Å². The summed E-state index contributed by atoms with van der Waals surface area (Å²) in [5.41, 5.74) is 4.17. The van der Waals surface area contributed by atoms with E-state index in [-0.39, 0.29) is 0 Å².